The van der Waals surface area contributed by atoms with Gasteiger partial charge in [-0.3, -0.25) is 4.99 Å². The first kappa shape index (κ1) is 14.2. The molecule has 20 heavy (non-hydrogen) atoms. The molecule has 2 fully saturated rings. The van der Waals surface area contributed by atoms with Crippen LogP contribution in [0.5, 0.6) is 0 Å². The van der Waals surface area contributed by atoms with Crippen molar-refractivity contribution in [3.63, 3.8) is 0 Å². The molecule has 2 saturated carbocycles. The van der Waals surface area contributed by atoms with Gasteiger partial charge in [0.15, 0.2) is 5.96 Å². The highest BCUT2D eigenvalue weighted by Crippen LogP contribution is 2.39. The van der Waals surface area contributed by atoms with E-state index in [4.69, 9.17) is 10.7 Å². The van der Waals surface area contributed by atoms with Gasteiger partial charge in [0.25, 0.3) is 0 Å². The summed E-state index contributed by atoms with van der Waals surface area (Å²) in [5.41, 5.74) is 6.62. The van der Waals surface area contributed by atoms with E-state index < -0.39 is 0 Å². The van der Waals surface area contributed by atoms with E-state index >= 15 is 0 Å². The Morgan fingerprint density at radius 2 is 1.40 bits per heavy atom. The average Bonchev–Trinajstić information content (AvgIpc) is 2.61. The minimum Gasteiger partial charge on any atom is -0.370 e. The Balaban J connectivity index is 1.78. The molecule has 0 aromatic rings. The molecule has 2 aliphatic carbocycles. The SMILES string of the molecule is NC1=NCC2(CCCCCCC2)N1C1CCCCCC1. The van der Waals surface area contributed by atoms with Crippen molar-refractivity contribution in [2.45, 2.75) is 95.1 Å². The molecule has 3 rings (SSSR count). The fourth-order valence-electron chi connectivity index (χ4n) is 4.68. The summed E-state index contributed by atoms with van der Waals surface area (Å²) in [5.74, 6) is 0.859. The van der Waals surface area contributed by atoms with E-state index in [0.717, 1.165) is 12.5 Å². The molecule has 114 valence electrons. The zero-order valence-corrected chi connectivity index (χ0v) is 12.9. The predicted molar refractivity (Wildman–Crippen MR) is 84.9 cm³/mol. The van der Waals surface area contributed by atoms with E-state index in [1.807, 2.05) is 0 Å². The number of nitrogens with zero attached hydrogens (tertiary/aromatic N) is 2. The van der Waals surface area contributed by atoms with Crippen molar-refractivity contribution < 1.29 is 0 Å². The van der Waals surface area contributed by atoms with Crippen molar-refractivity contribution in [2.24, 2.45) is 10.7 Å². The predicted octanol–water partition coefficient (Wildman–Crippen LogP) is 3.82. The highest BCUT2D eigenvalue weighted by molar-refractivity contribution is 5.81. The lowest BCUT2D eigenvalue weighted by Crippen LogP contribution is -2.56. The number of nitrogens with two attached hydrogens (primary N) is 1. The molecule has 1 heterocycles. The number of rotatable bonds is 1. The largest absolute Gasteiger partial charge is 0.370 e. The molecule has 2 N–H and O–H groups in total. The molecular formula is C17H31N3. The summed E-state index contributed by atoms with van der Waals surface area (Å²) in [6.07, 6.45) is 17.8. The molecule has 3 aliphatic rings. The van der Waals surface area contributed by atoms with Crippen molar-refractivity contribution in [1.29, 1.82) is 0 Å². The summed E-state index contributed by atoms with van der Waals surface area (Å²) >= 11 is 0. The zero-order chi connectivity index (χ0) is 13.8. The standard InChI is InChI=1S/C17H31N3/c18-16-19-14-17(12-8-4-1-5-9-13-17)20(16)15-10-6-2-3-7-11-15/h15H,1-14H2,(H2,18,19). The Morgan fingerprint density at radius 1 is 0.850 bits per heavy atom. The Kier molecular flexibility index (Phi) is 4.52. The van der Waals surface area contributed by atoms with E-state index in [2.05, 4.69) is 4.90 Å². The summed E-state index contributed by atoms with van der Waals surface area (Å²) in [7, 11) is 0. The molecule has 0 aromatic heterocycles. The van der Waals surface area contributed by atoms with Crippen molar-refractivity contribution in [3.8, 4) is 0 Å². The fraction of sp³-hybridized carbons (Fsp3) is 0.941. The van der Waals surface area contributed by atoms with Crippen LogP contribution in [0.1, 0.15) is 83.5 Å². The third-order valence-corrected chi connectivity index (χ3v) is 5.77. The van der Waals surface area contributed by atoms with Gasteiger partial charge in [0.2, 0.25) is 0 Å². The fourth-order valence-corrected chi connectivity index (χ4v) is 4.68. The smallest absolute Gasteiger partial charge is 0.192 e. The average molecular weight is 277 g/mol. The highest BCUT2D eigenvalue weighted by atomic mass is 15.4. The highest BCUT2D eigenvalue weighted by Gasteiger charge is 2.44. The normalized spacial score (nSPS) is 28.8. The van der Waals surface area contributed by atoms with Gasteiger partial charge in [-0.15, -0.1) is 0 Å². The van der Waals surface area contributed by atoms with Crippen molar-refractivity contribution >= 4 is 5.96 Å². The van der Waals surface area contributed by atoms with Gasteiger partial charge in [-0.2, -0.15) is 0 Å². The molecule has 0 radical (unpaired) electrons. The maximum absolute atomic E-state index is 6.33. The second-order valence-electron chi connectivity index (χ2n) is 7.18. The zero-order valence-electron chi connectivity index (χ0n) is 12.9. The van der Waals surface area contributed by atoms with Gasteiger partial charge in [-0.05, 0) is 25.7 Å². The van der Waals surface area contributed by atoms with Crippen LogP contribution in [0.2, 0.25) is 0 Å². The van der Waals surface area contributed by atoms with Gasteiger partial charge in [0, 0.05) is 6.04 Å². The van der Waals surface area contributed by atoms with E-state index in [1.54, 1.807) is 0 Å². The van der Waals surface area contributed by atoms with Gasteiger partial charge in [0.05, 0.1) is 12.1 Å². The topological polar surface area (TPSA) is 41.6 Å². The third-order valence-electron chi connectivity index (χ3n) is 5.77. The maximum Gasteiger partial charge on any atom is 0.192 e. The molecule has 0 amide bonds. The molecular weight excluding hydrogens is 246 g/mol. The summed E-state index contributed by atoms with van der Waals surface area (Å²) in [6, 6.07) is 0.670. The van der Waals surface area contributed by atoms with Crippen molar-refractivity contribution in [3.05, 3.63) is 0 Å². The summed E-state index contributed by atoms with van der Waals surface area (Å²) in [4.78, 5) is 7.29. The second kappa shape index (κ2) is 6.36. The van der Waals surface area contributed by atoms with Crippen LogP contribution >= 0.6 is 0 Å². The Hall–Kier alpha value is -0.730. The molecule has 0 unspecified atom stereocenters. The number of aliphatic imine (C=N–C) groups is 1. The molecule has 1 aliphatic heterocycles. The third kappa shape index (κ3) is 2.82. The van der Waals surface area contributed by atoms with E-state index in [0.29, 0.717) is 11.6 Å². The van der Waals surface area contributed by atoms with E-state index in [-0.39, 0.29) is 0 Å². The maximum atomic E-state index is 6.33. The lowest BCUT2D eigenvalue weighted by molar-refractivity contribution is 0.105. The van der Waals surface area contributed by atoms with Gasteiger partial charge >= 0.3 is 0 Å². The van der Waals surface area contributed by atoms with Crippen LogP contribution in [0, 0.1) is 0 Å². The number of hydrogen-bond acceptors (Lipinski definition) is 3. The monoisotopic (exact) mass is 277 g/mol. The molecule has 0 atom stereocenters. The van der Waals surface area contributed by atoms with Gasteiger partial charge in [-0.25, -0.2) is 0 Å². The van der Waals surface area contributed by atoms with Crippen LogP contribution in [0.15, 0.2) is 4.99 Å². The second-order valence-corrected chi connectivity index (χ2v) is 7.18. The van der Waals surface area contributed by atoms with Crippen LogP contribution in [-0.2, 0) is 0 Å². The summed E-state index contributed by atoms with van der Waals surface area (Å²) in [6.45, 7) is 0.968. The van der Waals surface area contributed by atoms with E-state index in [1.165, 1.54) is 83.5 Å². The lowest BCUT2D eigenvalue weighted by atomic mass is 9.81. The summed E-state index contributed by atoms with van der Waals surface area (Å²) in [5, 5.41) is 0. The lowest BCUT2D eigenvalue weighted by Gasteiger charge is -2.45. The molecule has 3 heteroatoms. The molecule has 1 spiro atoms. The Morgan fingerprint density at radius 3 is 2.05 bits per heavy atom. The van der Waals surface area contributed by atoms with Crippen molar-refractivity contribution in [2.75, 3.05) is 6.54 Å². The van der Waals surface area contributed by atoms with Crippen molar-refractivity contribution in [1.82, 2.24) is 4.90 Å². The Bertz CT molecular complexity index is 334. The van der Waals surface area contributed by atoms with Gasteiger partial charge in [0.1, 0.15) is 0 Å². The minimum absolute atomic E-state index is 0.291. The molecule has 0 aromatic carbocycles. The van der Waals surface area contributed by atoms with Crippen LogP contribution in [0.4, 0.5) is 0 Å². The van der Waals surface area contributed by atoms with Crippen LogP contribution in [-0.4, -0.2) is 29.0 Å². The first-order valence-corrected chi connectivity index (χ1v) is 8.91. The Labute approximate surface area is 124 Å². The van der Waals surface area contributed by atoms with Crippen LogP contribution in [0.3, 0.4) is 0 Å². The molecule has 0 saturated heterocycles. The number of guanidine groups is 1. The van der Waals surface area contributed by atoms with Gasteiger partial charge < -0.3 is 10.6 Å². The van der Waals surface area contributed by atoms with Crippen LogP contribution < -0.4 is 5.73 Å². The number of hydrogen-bond donors (Lipinski definition) is 1. The molecule has 3 nitrogen and oxygen atoms in total. The first-order chi connectivity index (χ1) is 9.82. The first-order valence-electron chi connectivity index (χ1n) is 8.91. The molecule has 0 bridgehead atoms. The quantitative estimate of drug-likeness (QED) is 0.740. The minimum atomic E-state index is 0.291. The van der Waals surface area contributed by atoms with Gasteiger partial charge in [-0.1, -0.05) is 57.8 Å². The van der Waals surface area contributed by atoms with E-state index in [9.17, 15) is 0 Å². The summed E-state index contributed by atoms with van der Waals surface area (Å²) < 4.78 is 0. The van der Waals surface area contributed by atoms with Crippen LogP contribution in [0.25, 0.3) is 0 Å².